The fourth-order valence-electron chi connectivity index (χ4n) is 1.60. The Hall–Kier alpha value is 0.1000. The van der Waals surface area contributed by atoms with Crippen molar-refractivity contribution in [3.05, 3.63) is 20.3 Å². The van der Waals surface area contributed by atoms with E-state index in [0.29, 0.717) is 6.04 Å². The van der Waals surface area contributed by atoms with Crippen LogP contribution in [0.5, 0.6) is 0 Å². The van der Waals surface area contributed by atoms with Gasteiger partial charge >= 0.3 is 0 Å². The largest absolute Gasteiger partial charge is 0.311 e. The summed E-state index contributed by atoms with van der Waals surface area (Å²) in [5.41, 5.74) is 0. The van der Waals surface area contributed by atoms with Gasteiger partial charge in [0.05, 0.1) is 0 Å². The Morgan fingerprint density at radius 1 is 1.53 bits per heavy atom. The standard InChI is InChI=1S/C13H23BrN2S/c1-5-10(2)16(4)7-6-15-9-12-8-13(14)11(3)17-12/h8,10,15H,5-7,9H2,1-4H3. The zero-order valence-electron chi connectivity index (χ0n) is 11.2. The lowest BCUT2D eigenvalue weighted by Crippen LogP contribution is -2.34. The van der Waals surface area contributed by atoms with E-state index in [9.17, 15) is 0 Å². The first-order chi connectivity index (χ1) is 8.04. The van der Waals surface area contributed by atoms with E-state index >= 15 is 0 Å². The molecule has 0 bridgehead atoms. The van der Waals surface area contributed by atoms with Crippen LogP contribution in [0.1, 0.15) is 30.0 Å². The number of rotatable bonds is 7. The highest BCUT2D eigenvalue weighted by Crippen LogP contribution is 2.25. The van der Waals surface area contributed by atoms with Crippen molar-refractivity contribution >= 4 is 27.3 Å². The molecule has 1 atom stereocenters. The molecule has 0 aromatic carbocycles. The lowest BCUT2D eigenvalue weighted by molar-refractivity contribution is 0.252. The van der Waals surface area contributed by atoms with Crippen LogP contribution in [0.2, 0.25) is 0 Å². The van der Waals surface area contributed by atoms with Crippen LogP contribution >= 0.6 is 27.3 Å². The molecule has 0 aliphatic heterocycles. The van der Waals surface area contributed by atoms with Crippen molar-refractivity contribution in [2.24, 2.45) is 0 Å². The molecule has 1 heterocycles. The Bertz CT molecular complexity index is 319. The van der Waals surface area contributed by atoms with Crippen molar-refractivity contribution < 1.29 is 0 Å². The normalized spacial score (nSPS) is 13.3. The Kier molecular flexibility index (Phi) is 6.70. The second-order valence-corrected chi connectivity index (χ2v) is 6.73. The van der Waals surface area contributed by atoms with Crippen molar-refractivity contribution in [3.8, 4) is 0 Å². The van der Waals surface area contributed by atoms with E-state index in [-0.39, 0.29) is 0 Å². The van der Waals surface area contributed by atoms with Gasteiger partial charge < -0.3 is 10.2 Å². The van der Waals surface area contributed by atoms with Crippen LogP contribution < -0.4 is 5.32 Å². The first-order valence-electron chi connectivity index (χ1n) is 6.20. The maximum absolute atomic E-state index is 3.55. The Morgan fingerprint density at radius 3 is 2.76 bits per heavy atom. The highest BCUT2D eigenvalue weighted by molar-refractivity contribution is 9.10. The van der Waals surface area contributed by atoms with Gasteiger partial charge in [-0.05, 0) is 49.3 Å². The van der Waals surface area contributed by atoms with Gasteiger partial charge in [0.2, 0.25) is 0 Å². The molecular formula is C13H23BrN2S. The van der Waals surface area contributed by atoms with Crippen molar-refractivity contribution in [3.63, 3.8) is 0 Å². The lowest BCUT2D eigenvalue weighted by atomic mass is 10.2. The summed E-state index contributed by atoms with van der Waals surface area (Å²) in [5.74, 6) is 0. The predicted molar refractivity (Wildman–Crippen MR) is 80.8 cm³/mol. The highest BCUT2D eigenvalue weighted by Gasteiger charge is 2.06. The van der Waals surface area contributed by atoms with Gasteiger partial charge in [0.25, 0.3) is 0 Å². The van der Waals surface area contributed by atoms with Gasteiger partial charge in [-0.25, -0.2) is 0 Å². The van der Waals surface area contributed by atoms with Gasteiger partial charge in [0, 0.05) is 39.9 Å². The van der Waals surface area contributed by atoms with E-state index in [1.54, 1.807) is 0 Å². The molecule has 1 N–H and O–H groups in total. The summed E-state index contributed by atoms with van der Waals surface area (Å²) >= 11 is 5.41. The molecule has 0 saturated carbocycles. The van der Waals surface area contributed by atoms with Crippen LogP contribution in [0.15, 0.2) is 10.5 Å². The first kappa shape index (κ1) is 15.2. The molecular weight excluding hydrogens is 296 g/mol. The third-order valence-corrected chi connectivity index (χ3v) is 5.33. The molecule has 0 amide bonds. The molecule has 1 unspecified atom stereocenters. The molecule has 0 spiro atoms. The maximum atomic E-state index is 3.55. The minimum absolute atomic E-state index is 0.676. The average Bonchev–Trinajstić information content (AvgIpc) is 2.63. The number of nitrogens with zero attached hydrogens (tertiary/aromatic N) is 1. The third kappa shape index (κ3) is 5.08. The van der Waals surface area contributed by atoms with Crippen molar-refractivity contribution in [2.75, 3.05) is 20.1 Å². The minimum atomic E-state index is 0.676. The van der Waals surface area contributed by atoms with E-state index in [4.69, 9.17) is 0 Å². The number of nitrogens with one attached hydrogen (secondary N) is 1. The SMILES string of the molecule is CCC(C)N(C)CCNCc1cc(Br)c(C)s1. The number of aryl methyl sites for hydroxylation is 1. The summed E-state index contributed by atoms with van der Waals surface area (Å²) in [4.78, 5) is 5.17. The second kappa shape index (κ2) is 7.52. The lowest BCUT2D eigenvalue weighted by Gasteiger charge is -2.23. The Morgan fingerprint density at radius 2 is 2.24 bits per heavy atom. The topological polar surface area (TPSA) is 15.3 Å². The number of hydrogen-bond acceptors (Lipinski definition) is 3. The van der Waals surface area contributed by atoms with Gasteiger partial charge in [0.1, 0.15) is 0 Å². The van der Waals surface area contributed by atoms with Crippen molar-refractivity contribution in [1.82, 2.24) is 10.2 Å². The summed E-state index contributed by atoms with van der Waals surface area (Å²) in [6.45, 7) is 9.80. The number of hydrogen-bond donors (Lipinski definition) is 1. The van der Waals surface area contributed by atoms with Crippen LogP contribution in [0.25, 0.3) is 0 Å². The molecule has 0 aliphatic carbocycles. The molecule has 0 fully saturated rings. The third-order valence-electron chi connectivity index (χ3n) is 3.19. The fraction of sp³-hybridized carbons (Fsp3) is 0.692. The molecule has 1 aromatic heterocycles. The monoisotopic (exact) mass is 318 g/mol. The van der Waals surface area contributed by atoms with Crippen LogP contribution in [0, 0.1) is 6.92 Å². The van der Waals surface area contributed by atoms with E-state index in [1.165, 1.54) is 20.6 Å². The summed E-state index contributed by atoms with van der Waals surface area (Å²) < 4.78 is 1.23. The maximum Gasteiger partial charge on any atom is 0.0314 e. The Labute approximate surface area is 118 Å². The summed E-state index contributed by atoms with van der Waals surface area (Å²) in [7, 11) is 2.20. The molecule has 2 nitrogen and oxygen atoms in total. The fourth-order valence-corrected chi connectivity index (χ4v) is 3.18. The number of thiophene rings is 1. The van der Waals surface area contributed by atoms with E-state index in [2.05, 4.69) is 60.0 Å². The van der Waals surface area contributed by atoms with Gasteiger partial charge in [-0.1, -0.05) is 6.92 Å². The van der Waals surface area contributed by atoms with Gasteiger partial charge in [-0.3, -0.25) is 0 Å². The zero-order chi connectivity index (χ0) is 12.8. The summed E-state index contributed by atoms with van der Waals surface area (Å²) in [5, 5.41) is 3.50. The Balaban J connectivity index is 2.20. The summed E-state index contributed by atoms with van der Waals surface area (Å²) in [6, 6.07) is 2.89. The van der Waals surface area contributed by atoms with E-state index in [0.717, 1.165) is 19.6 Å². The van der Waals surface area contributed by atoms with E-state index < -0.39 is 0 Å². The quantitative estimate of drug-likeness (QED) is 0.772. The first-order valence-corrected chi connectivity index (χ1v) is 7.81. The molecule has 0 aliphatic rings. The predicted octanol–water partition coefficient (Wildman–Crippen LogP) is 3.64. The van der Waals surface area contributed by atoms with Crippen molar-refractivity contribution in [2.45, 2.75) is 39.8 Å². The molecule has 1 rings (SSSR count). The van der Waals surface area contributed by atoms with Crippen LogP contribution in [-0.4, -0.2) is 31.1 Å². The minimum Gasteiger partial charge on any atom is -0.311 e. The molecule has 4 heteroatoms. The second-order valence-electron chi connectivity index (χ2n) is 4.53. The average molecular weight is 319 g/mol. The van der Waals surface area contributed by atoms with Crippen LogP contribution in [0.3, 0.4) is 0 Å². The molecule has 0 saturated heterocycles. The molecule has 0 radical (unpaired) electrons. The molecule has 17 heavy (non-hydrogen) atoms. The van der Waals surface area contributed by atoms with Gasteiger partial charge in [0.15, 0.2) is 0 Å². The van der Waals surface area contributed by atoms with Gasteiger partial charge in [-0.15, -0.1) is 11.3 Å². The smallest absolute Gasteiger partial charge is 0.0314 e. The number of halogens is 1. The van der Waals surface area contributed by atoms with Crippen LogP contribution in [-0.2, 0) is 6.54 Å². The highest BCUT2D eigenvalue weighted by atomic mass is 79.9. The van der Waals surface area contributed by atoms with Crippen LogP contribution in [0.4, 0.5) is 0 Å². The summed E-state index contributed by atoms with van der Waals surface area (Å²) in [6.07, 6.45) is 1.22. The number of likely N-dealkylation sites (N-methyl/N-ethyl adjacent to an activating group) is 1. The molecule has 1 aromatic rings. The van der Waals surface area contributed by atoms with Crippen molar-refractivity contribution in [1.29, 1.82) is 0 Å². The van der Waals surface area contributed by atoms with E-state index in [1.807, 2.05) is 11.3 Å². The zero-order valence-corrected chi connectivity index (χ0v) is 13.6. The van der Waals surface area contributed by atoms with Gasteiger partial charge in [-0.2, -0.15) is 0 Å². The molecule has 98 valence electrons.